The highest BCUT2D eigenvalue weighted by molar-refractivity contribution is 8.19. The van der Waals surface area contributed by atoms with Crippen LogP contribution in [0.2, 0.25) is 5.02 Å². The highest BCUT2D eigenvalue weighted by Gasteiger charge is 2.34. The van der Waals surface area contributed by atoms with Crippen molar-refractivity contribution in [3.63, 3.8) is 0 Å². The lowest BCUT2D eigenvalue weighted by molar-refractivity contribution is -0.122. The summed E-state index contributed by atoms with van der Waals surface area (Å²) in [6, 6.07) is 9.10. The van der Waals surface area contributed by atoms with E-state index in [-0.39, 0.29) is 16.0 Å². The molecule has 1 amide bonds. The largest absolute Gasteiger partial charge is 0.465 e. The van der Waals surface area contributed by atoms with E-state index in [9.17, 15) is 13.2 Å². The molecule has 130 valence electrons. The zero-order valence-corrected chi connectivity index (χ0v) is 15.4. The number of likely N-dealkylation sites (N-methyl/N-ethyl adjacent to an activating group) is 1. The van der Waals surface area contributed by atoms with Gasteiger partial charge in [-0.25, -0.2) is 0 Å². The smallest absolute Gasteiger partial charge is 0.284 e. The van der Waals surface area contributed by atoms with E-state index < -0.39 is 10.0 Å². The first-order valence-electron chi connectivity index (χ1n) is 7.26. The Labute approximate surface area is 154 Å². The Morgan fingerprint density at radius 1 is 1.28 bits per heavy atom. The molecule has 1 aliphatic heterocycles. The molecule has 25 heavy (non-hydrogen) atoms. The number of furan rings is 1. The van der Waals surface area contributed by atoms with E-state index in [0.29, 0.717) is 22.2 Å². The maximum Gasteiger partial charge on any atom is 0.284 e. The van der Waals surface area contributed by atoms with Gasteiger partial charge in [0.2, 0.25) is 0 Å². The van der Waals surface area contributed by atoms with Crippen LogP contribution in [0.15, 0.2) is 61.3 Å². The fourth-order valence-corrected chi connectivity index (χ4v) is 4.47. The van der Waals surface area contributed by atoms with Crippen molar-refractivity contribution in [2.24, 2.45) is 4.40 Å². The second kappa shape index (κ2) is 7.07. The molecule has 1 aromatic carbocycles. The van der Waals surface area contributed by atoms with Gasteiger partial charge >= 0.3 is 0 Å². The molecule has 0 unspecified atom stereocenters. The number of hydrogen-bond acceptors (Lipinski definition) is 5. The van der Waals surface area contributed by atoms with Crippen molar-refractivity contribution in [1.82, 2.24) is 4.90 Å². The number of thioether (sulfide) groups is 1. The van der Waals surface area contributed by atoms with Crippen LogP contribution >= 0.6 is 23.4 Å². The van der Waals surface area contributed by atoms with E-state index in [2.05, 4.69) is 4.40 Å². The standard InChI is InChI=1S/C16H13ClN2O4S2/c1-2-19-15(20)14(10-12-4-3-9-23-12)24-16(19)18-25(21,22)13-7-5-11(17)6-8-13/h3-10H,2H2,1H3/b14-10-,18-16-. The lowest BCUT2D eigenvalue weighted by atomic mass is 10.3. The van der Waals surface area contributed by atoms with E-state index in [1.54, 1.807) is 25.1 Å². The molecule has 6 nitrogen and oxygen atoms in total. The number of hydrogen-bond donors (Lipinski definition) is 0. The zero-order chi connectivity index (χ0) is 18.0. The number of amides is 1. The van der Waals surface area contributed by atoms with Crippen molar-refractivity contribution in [2.75, 3.05) is 6.54 Å². The number of carbonyl (C=O) groups excluding carboxylic acids is 1. The average Bonchev–Trinajstić information content (AvgIpc) is 3.17. The Hall–Kier alpha value is -2.03. The van der Waals surface area contributed by atoms with E-state index in [1.807, 2.05) is 0 Å². The summed E-state index contributed by atoms with van der Waals surface area (Å²) in [5, 5.41) is 0.538. The van der Waals surface area contributed by atoms with Gasteiger partial charge in [-0.2, -0.15) is 8.42 Å². The quantitative estimate of drug-likeness (QED) is 0.737. The van der Waals surface area contributed by atoms with Gasteiger partial charge in [0, 0.05) is 17.6 Å². The number of nitrogens with zero attached hydrogens (tertiary/aromatic N) is 2. The minimum Gasteiger partial charge on any atom is -0.465 e. The Kier molecular flexibility index (Phi) is 5.03. The SMILES string of the molecule is CCN1C(=O)/C(=C/c2ccco2)S/C1=N\S(=O)(=O)c1ccc(Cl)cc1. The van der Waals surface area contributed by atoms with Crippen LogP contribution in [0, 0.1) is 0 Å². The summed E-state index contributed by atoms with van der Waals surface area (Å²) < 4.78 is 34.0. The molecule has 0 radical (unpaired) electrons. The molecule has 3 rings (SSSR count). The van der Waals surface area contributed by atoms with E-state index in [1.165, 1.54) is 35.4 Å². The molecule has 1 aromatic heterocycles. The average molecular weight is 397 g/mol. The van der Waals surface area contributed by atoms with Gasteiger partial charge in [-0.15, -0.1) is 4.40 Å². The van der Waals surface area contributed by atoms with Gasteiger partial charge in [0.05, 0.1) is 16.1 Å². The fraction of sp³-hybridized carbons (Fsp3) is 0.125. The number of rotatable bonds is 4. The maximum atomic E-state index is 12.5. The van der Waals surface area contributed by atoms with Crippen LogP contribution in [0.3, 0.4) is 0 Å². The summed E-state index contributed by atoms with van der Waals surface area (Å²) >= 11 is 6.78. The molecule has 9 heteroatoms. The van der Waals surface area contributed by atoms with Crippen molar-refractivity contribution in [2.45, 2.75) is 11.8 Å². The topological polar surface area (TPSA) is 80.0 Å². The third-order valence-electron chi connectivity index (χ3n) is 3.33. The van der Waals surface area contributed by atoms with Gasteiger partial charge in [-0.1, -0.05) is 11.6 Å². The lowest BCUT2D eigenvalue weighted by Crippen LogP contribution is -2.29. The molecule has 2 heterocycles. The van der Waals surface area contributed by atoms with Gasteiger partial charge in [-0.3, -0.25) is 9.69 Å². The molecule has 0 atom stereocenters. The number of benzene rings is 1. The van der Waals surface area contributed by atoms with Crippen LogP contribution in [0.1, 0.15) is 12.7 Å². The number of carbonyl (C=O) groups is 1. The minimum atomic E-state index is -3.95. The maximum absolute atomic E-state index is 12.5. The molecule has 0 saturated carbocycles. The molecule has 0 aliphatic carbocycles. The van der Waals surface area contributed by atoms with Crippen molar-refractivity contribution in [3.8, 4) is 0 Å². The monoisotopic (exact) mass is 396 g/mol. The summed E-state index contributed by atoms with van der Waals surface area (Å²) in [4.78, 5) is 14.1. The lowest BCUT2D eigenvalue weighted by Gasteiger charge is -2.11. The van der Waals surface area contributed by atoms with E-state index in [4.69, 9.17) is 16.0 Å². The van der Waals surface area contributed by atoms with E-state index >= 15 is 0 Å². The summed E-state index contributed by atoms with van der Waals surface area (Å²) in [7, 11) is -3.95. The first-order chi connectivity index (χ1) is 11.9. The second-order valence-electron chi connectivity index (χ2n) is 4.98. The minimum absolute atomic E-state index is 0.0111. The molecule has 0 spiro atoms. The van der Waals surface area contributed by atoms with Gasteiger partial charge < -0.3 is 4.42 Å². The van der Waals surface area contributed by atoms with Crippen LogP contribution in [-0.4, -0.2) is 30.9 Å². The van der Waals surface area contributed by atoms with Crippen molar-refractivity contribution in [3.05, 3.63) is 58.3 Å². The Morgan fingerprint density at radius 3 is 2.60 bits per heavy atom. The number of amidine groups is 1. The number of halogens is 1. The third kappa shape index (κ3) is 3.81. The zero-order valence-electron chi connectivity index (χ0n) is 13.0. The summed E-state index contributed by atoms with van der Waals surface area (Å²) in [6.45, 7) is 2.05. The van der Waals surface area contributed by atoms with Crippen molar-refractivity contribution < 1.29 is 17.6 Å². The molecule has 0 N–H and O–H groups in total. The van der Waals surface area contributed by atoms with Gasteiger partial charge in [0.1, 0.15) is 5.76 Å². The molecular weight excluding hydrogens is 384 g/mol. The fourth-order valence-electron chi connectivity index (χ4n) is 2.12. The Morgan fingerprint density at radius 2 is 2.00 bits per heavy atom. The van der Waals surface area contributed by atoms with Crippen LogP contribution in [0.4, 0.5) is 0 Å². The first-order valence-corrected chi connectivity index (χ1v) is 9.89. The molecule has 1 aliphatic rings. The van der Waals surface area contributed by atoms with Crippen LogP contribution in [0.5, 0.6) is 0 Å². The molecule has 1 fully saturated rings. The van der Waals surface area contributed by atoms with Crippen molar-refractivity contribution in [1.29, 1.82) is 0 Å². The molecule has 1 saturated heterocycles. The van der Waals surface area contributed by atoms with Gasteiger partial charge in [0.25, 0.3) is 15.9 Å². The second-order valence-corrected chi connectivity index (χ2v) is 8.03. The highest BCUT2D eigenvalue weighted by Crippen LogP contribution is 2.33. The van der Waals surface area contributed by atoms with Crippen LogP contribution < -0.4 is 0 Å². The van der Waals surface area contributed by atoms with Crippen molar-refractivity contribution >= 4 is 50.5 Å². The normalized spacial score (nSPS) is 18.5. The first kappa shape index (κ1) is 17.8. The molecule has 0 bridgehead atoms. The van der Waals surface area contributed by atoms with Gasteiger partial charge in [0.15, 0.2) is 5.17 Å². The third-order valence-corrected chi connectivity index (χ3v) is 5.99. The Balaban J connectivity index is 1.96. The summed E-state index contributed by atoms with van der Waals surface area (Å²) in [5.41, 5.74) is 0. The molecular formula is C16H13ClN2O4S2. The summed E-state index contributed by atoms with van der Waals surface area (Å²) in [6.07, 6.45) is 3.06. The predicted molar refractivity (Wildman–Crippen MR) is 97.7 cm³/mol. The predicted octanol–water partition coefficient (Wildman–Crippen LogP) is 3.61. The number of sulfonamides is 1. The summed E-state index contributed by atoms with van der Waals surface area (Å²) in [5.74, 6) is 0.197. The van der Waals surface area contributed by atoms with E-state index in [0.717, 1.165) is 11.8 Å². The van der Waals surface area contributed by atoms with Gasteiger partial charge in [-0.05, 0) is 55.1 Å². The molecule has 2 aromatic rings. The van der Waals surface area contributed by atoms with Crippen LogP contribution in [-0.2, 0) is 14.8 Å². The Bertz CT molecular complexity index is 949. The van der Waals surface area contributed by atoms with Crippen LogP contribution in [0.25, 0.3) is 6.08 Å². The highest BCUT2D eigenvalue weighted by atomic mass is 35.5.